The number of likely N-dealkylation sites (tertiary alicyclic amines) is 2. The van der Waals surface area contributed by atoms with Gasteiger partial charge in [0.25, 0.3) is 11.8 Å². The summed E-state index contributed by atoms with van der Waals surface area (Å²) in [4.78, 5) is 52.3. The van der Waals surface area contributed by atoms with Crippen molar-refractivity contribution >= 4 is 62.8 Å². The van der Waals surface area contributed by atoms with Crippen LogP contribution in [-0.2, 0) is 19.2 Å². The molecule has 192 valence electrons. The smallest absolute Gasteiger partial charge is 0.254 e. The van der Waals surface area contributed by atoms with Crippen LogP contribution in [0.25, 0.3) is 0 Å². The van der Waals surface area contributed by atoms with E-state index in [1.807, 2.05) is 13.0 Å². The van der Waals surface area contributed by atoms with E-state index < -0.39 is 45.2 Å². The van der Waals surface area contributed by atoms with Gasteiger partial charge >= 0.3 is 0 Å². The first kappa shape index (κ1) is 25.5. The fraction of sp³-hybridized carbons (Fsp3) is 0.520. The van der Waals surface area contributed by atoms with Gasteiger partial charge < -0.3 is 9.84 Å². The van der Waals surface area contributed by atoms with E-state index in [1.54, 1.807) is 12.1 Å². The van der Waals surface area contributed by atoms with E-state index in [0.717, 1.165) is 4.90 Å². The van der Waals surface area contributed by atoms with Gasteiger partial charge in [-0.25, -0.2) is 0 Å². The number of carbonyl (C=O) groups is 4. The average Bonchev–Trinajstić information content (AvgIpc) is 3.17. The van der Waals surface area contributed by atoms with Crippen LogP contribution in [0.2, 0.25) is 0 Å². The monoisotopic (exact) mass is 598 g/mol. The molecule has 0 bridgehead atoms. The summed E-state index contributed by atoms with van der Waals surface area (Å²) in [5.74, 6) is -4.48. The highest BCUT2D eigenvalue weighted by Crippen LogP contribution is 2.65. The highest BCUT2D eigenvalue weighted by atomic mass is 79.9. The van der Waals surface area contributed by atoms with Crippen LogP contribution >= 0.6 is 39.1 Å². The molecule has 0 unspecified atom stereocenters. The number of benzene rings is 1. The molecular weight excluding hydrogens is 575 g/mol. The Morgan fingerprint density at radius 1 is 1.11 bits per heavy atom. The number of phenolic OH excluding ortho intramolecular Hbond substituents is 1. The zero-order chi connectivity index (χ0) is 26.2. The number of imide groups is 2. The Morgan fingerprint density at radius 3 is 2.44 bits per heavy atom. The predicted molar refractivity (Wildman–Crippen MR) is 135 cm³/mol. The number of hydrogen-bond acceptors (Lipinski definition) is 6. The molecule has 0 radical (unpaired) electrons. The van der Waals surface area contributed by atoms with Gasteiger partial charge in [-0.15, -0.1) is 23.2 Å². The van der Waals surface area contributed by atoms with E-state index >= 15 is 0 Å². The number of rotatable bonds is 5. The Kier molecular flexibility index (Phi) is 6.20. The van der Waals surface area contributed by atoms with Crippen LogP contribution in [0.4, 0.5) is 0 Å². The molecule has 1 saturated carbocycles. The molecule has 1 aromatic rings. The maximum atomic E-state index is 13.7. The first-order valence-corrected chi connectivity index (χ1v) is 13.7. The number of hydrogen-bond donors (Lipinski definition) is 1. The number of phenols is 1. The molecule has 0 spiro atoms. The Bertz CT molecular complexity index is 1220. The molecule has 11 heteroatoms. The zero-order valence-electron chi connectivity index (χ0n) is 19.7. The Labute approximate surface area is 226 Å². The molecular formula is C25H25BrCl2N2O6. The molecule has 3 fully saturated rings. The fourth-order valence-corrected chi connectivity index (χ4v) is 7.95. The van der Waals surface area contributed by atoms with Crippen molar-refractivity contribution in [3.8, 4) is 11.5 Å². The van der Waals surface area contributed by atoms with Crippen molar-refractivity contribution in [1.82, 2.24) is 9.80 Å². The van der Waals surface area contributed by atoms with Crippen molar-refractivity contribution in [3.05, 3.63) is 35.4 Å². The lowest BCUT2D eigenvalue weighted by Crippen LogP contribution is -2.60. The van der Waals surface area contributed by atoms with Crippen LogP contribution in [0, 0.1) is 17.8 Å². The number of nitrogens with zero attached hydrogens (tertiary/aromatic N) is 2. The Morgan fingerprint density at radius 2 is 1.83 bits per heavy atom. The summed E-state index contributed by atoms with van der Waals surface area (Å²) in [7, 11) is 1.42. The number of aromatic hydroxyl groups is 1. The van der Waals surface area contributed by atoms with Gasteiger partial charge in [0.05, 0.1) is 24.4 Å². The van der Waals surface area contributed by atoms with Crippen molar-refractivity contribution < 1.29 is 29.0 Å². The van der Waals surface area contributed by atoms with Crippen molar-refractivity contribution in [1.29, 1.82) is 0 Å². The second kappa shape index (κ2) is 8.74. The van der Waals surface area contributed by atoms with E-state index in [4.69, 9.17) is 27.9 Å². The van der Waals surface area contributed by atoms with Gasteiger partial charge in [-0.3, -0.25) is 29.0 Å². The molecule has 5 rings (SSSR count). The van der Waals surface area contributed by atoms with Crippen molar-refractivity contribution in [3.63, 3.8) is 0 Å². The molecule has 6 atom stereocenters. The number of methoxy groups -OCH3 is 1. The zero-order valence-corrected chi connectivity index (χ0v) is 22.8. The molecule has 36 heavy (non-hydrogen) atoms. The van der Waals surface area contributed by atoms with E-state index in [-0.39, 0.29) is 35.2 Å². The van der Waals surface area contributed by atoms with E-state index in [1.165, 1.54) is 18.1 Å². The van der Waals surface area contributed by atoms with Crippen LogP contribution in [0.3, 0.4) is 0 Å². The highest BCUT2D eigenvalue weighted by Gasteiger charge is 2.76. The minimum Gasteiger partial charge on any atom is -0.504 e. The third kappa shape index (κ3) is 3.11. The molecule has 0 aromatic heterocycles. The first-order chi connectivity index (χ1) is 17.1. The van der Waals surface area contributed by atoms with Crippen LogP contribution in [0.15, 0.2) is 29.8 Å². The standard InChI is InChI=1S/C25H25BrCl2N2O6/c1-3-8-29-20(32)14-6-5-13-15(18(14)21(29)33)10-24(27)22(34)30(11-26)23(35)25(24,28)19(13)12-4-7-17(36-2)16(31)9-12/h4-5,7,9,14-15,18-19,31H,3,6,8,10-11H2,1-2H3/t14-,15+,18-,19-,24+,25-/m0/s1. The van der Waals surface area contributed by atoms with E-state index in [9.17, 15) is 24.3 Å². The van der Waals surface area contributed by atoms with Gasteiger partial charge in [0, 0.05) is 12.5 Å². The molecule has 8 nitrogen and oxygen atoms in total. The second-order valence-corrected chi connectivity index (χ2v) is 11.5. The number of fused-ring (bicyclic) bond motifs is 4. The Balaban J connectivity index is 1.71. The normalized spacial score (nSPS) is 35.5. The highest BCUT2D eigenvalue weighted by molar-refractivity contribution is 9.09. The summed E-state index contributed by atoms with van der Waals surface area (Å²) in [6.07, 6.45) is 2.75. The molecule has 2 aliphatic heterocycles. The molecule has 2 saturated heterocycles. The SMILES string of the molecule is CCCN1C(=O)[C@H]2[C@H](CC=C3[C@H]2C[C@@]2(Cl)C(=O)N(CBr)C(=O)[C@@]2(Cl)[C@H]3c2ccc(OC)c(O)c2)C1=O. The summed E-state index contributed by atoms with van der Waals surface area (Å²) in [6, 6.07) is 4.66. The number of ether oxygens (including phenoxy) is 1. The lowest BCUT2D eigenvalue weighted by Gasteiger charge is -2.50. The van der Waals surface area contributed by atoms with E-state index in [0.29, 0.717) is 30.5 Å². The number of amides is 4. The molecule has 2 aliphatic carbocycles. The molecule has 1 aromatic carbocycles. The van der Waals surface area contributed by atoms with Crippen LogP contribution in [-0.4, -0.2) is 67.4 Å². The van der Waals surface area contributed by atoms with Crippen molar-refractivity contribution in [2.24, 2.45) is 17.8 Å². The summed E-state index contributed by atoms with van der Waals surface area (Å²) >= 11 is 17.5. The van der Waals surface area contributed by atoms with Crippen molar-refractivity contribution in [2.45, 2.75) is 41.9 Å². The van der Waals surface area contributed by atoms with Gasteiger partial charge in [0.2, 0.25) is 11.8 Å². The summed E-state index contributed by atoms with van der Waals surface area (Å²) in [5.41, 5.74) is 1.05. The largest absolute Gasteiger partial charge is 0.504 e. The average molecular weight is 600 g/mol. The van der Waals surface area contributed by atoms with Crippen LogP contribution < -0.4 is 4.74 Å². The predicted octanol–water partition coefficient (Wildman–Crippen LogP) is 3.52. The summed E-state index contributed by atoms with van der Waals surface area (Å²) in [6.45, 7) is 2.22. The van der Waals surface area contributed by atoms with E-state index in [2.05, 4.69) is 15.9 Å². The van der Waals surface area contributed by atoms with Crippen molar-refractivity contribution in [2.75, 3.05) is 19.1 Å². The molecule has 4 aliphatic rings. The van der Waals surface area contributed by atoms with Gasteiger partial charge in [0.1, 0.15) is 0 Å². The fourth-order valence-electron chi connectivity index (χ4n) is 6.52. The molecule has 1 N–H and O–H groups in total. The van der Waals surface area contributed by atoms with Gasteiger partial charge in [-0.2, -0.15) is 0 Å². The molecule has 4 amide bonds. The summed E-state index contributed by atoms with van der Waals surface area (Å²) in [5, 5.41) is 10.5. The number of carbonyl (C=O) groups excluding carboxylic acids is 4. The lowest BCUT2D eigenvalue weighted by atomic mass is 9.56. The minimum atomic E-state index is -1.90. The lowest BCUT2D eigenvalue weighted by molar-refractivity contribution is -0.141. The minimum absolute atomic E-state index is 0.0588. The second-order valence-electron chi connectivity index (χ2n) is 9.75. The number of halogens is 3. The third-order valence-electron chi connectivity index (χ3n) is 8.09. The first-order valence-electron chi connectivity index (χ1n) is 11.8. The number of allylic oxidation sites excluding steroid dienone is 2. The van der Waals surface area contributed by atoms with Crippen LogP contribution in [0.1, 0.15) is 37.7 Å². The number of alkyl halides is 3. The third-order valence-corrected chi connectivity index (χ3v) is 10.0. The maximum Gasteiger partial charge on any atom is 0.254 e. The maximum absolute atomic E-state index is 13.7. The Hall–Kier alpha value is -2.10. The van der Waals surface area contributed by atoms with Crippen LogP contribution in [0.5, 0.6) is 11.5 Å². The van der Waals surface area contributed by atoms with Gasteiger partial charge in [-0.05, 0) is 42.9 Å². The van der Waals surface area contributed by atoms with Gasteiger partial charge in [-0.1, -0.05) is 40.6 Å². The quantitative estimate of drug-likeness (QED) is 0.240. The molecule has 2 heterocycles. The topological polar surface area (TPSA) is 104 Å². The summed E-state index contributed by atoms with van der Waals surface area (Å²) < 4.78 is 5.17. The van der Waals surface area contributed by atoms with Gasteiger partial charge in [0.15, 0.2) is 21.2 Å².